The first kappa shape index (κ1) is 35.5. The van der Waals surface area contributed by atoms with Crippen LogP contribution in [-0.4, -0.2) is 5.92 Å². The van der Waals surface area contributed by atoms with Crippen LogP contribution in [0.3, 0.4) is 0 Å². The van der Waals surface area contributed by atoms with Crippen molar-refractivity contribution in [3.05, 3.63) is 201 Å². The third-order valence-electron chi connectivity index (χ3n) is 11.8. The van der Waals surface area contributed by atoms with E-state index < -0.39 is 21.5 Å². The van der Waals surface area contributed by atoms with Crippen LogP contribution in [0.5, 0.6) is 0 Å². The Morgan fingerprint density at radius 1 is 0.462 bits per heavy atom. The summed E-state index contributed by atoms with van der Waals surface area (Å²) in [5, 5.41) is 0. The summed E-state index contributed by atoms with van der Waals surface area (Å²) < 4.78 is 0.146. The van der Waals surface area contributed by atoms with Gasteiger partial charge in [-0.05, 0) is 0 Å². The minimum absolute atomic E-state index is 0.0731. The van der Waals surface area contributed by atoms with Gasteiger partial charge in [0.1, 0.15) is 0 Å². The molecule has 0 heterocycles. The molecule has 52 heavy (non-hydrogen) atoms. The Bertz CT molecular complexity index is 2160. The normalized spacial score (nSPS) is 17.2. The fraction of sp³-hybridized carbons (Fsp3) is 0.167. The third kappa shape index (κ3) is 6.20. The number of fused-ring (bicyclic) bond motifs is 2. The molecule has 4 heteroatoms. The molecule has 0 radical (unpaired) electrons. The van der Waals surface area contributed by atoms with E-state index in [4.69, 9.17) is 17.0 Å². The van der Waals surface area contributed by atoms with Gasteiger partial charge < -0.3 is 0 Å². The van der Waals surface area contributed by atoms with Gasteiger partial charge in [-0.3, -0.25) is 0 Å². The predicted octanol–water partition coefficient (Wildman–Crippen LogP) is 13.8. The fourth-order valence-electron chi connectivity index (χ4n) is 9.17. The van der Waals surface area contributed by atoms with E-state index in [1.807, 2.05) is 0 Å². The number of allylic oxidation sites excluding steroid dienone is 2. The summed E-state index contributed by atoms with van der Waals surface area (Å²) in [6.45, 7) is 9.42. The molecule has 0 aromatic heterocycles. The van der Waals surface area contributed by atoms with Gasteiger partial charge in [-0.2, -0.15) is 0 Å². The number of hydrogen-bond acceptors (Lipinski definition) is 0. The summed E-state index contributed by atoms with van der Waals surface area (Å²) >= 11 is -4.77. The van der Waals surface area contributed by atoms with Crippen molar-refractivity contribution in [3.63, 3.8) is 0 Å². The second kappa shape index (κ2) is 14.0. The van der Waals surface area contributed by atoms with Gasteiger partial charge in [-0.1, -0.05) is 12.1 Å². The molecule has 0 spiro atoms. The van der Waals surface area contributed by atoms with Gasteiger partial charge in [-0.15, -0.1) is 0 Å². The molecule has 259 valence electrons. The fourth-order valence-corrected chi connectivity index (χ4v) is 42.1. The number of halogens is 2. The van der Waals surface area contributed by atoms with Crippen LogP contribution < -0.4 is 0 Å². The Morgan fingerprint density at radius 3 is 1.19 bits per heavy atom. The Balaban J connectivity index is 1.15. The van der Waals surface area contributed by atoms with Crippen LogP contribution in [0.4, 0.5) is 0 Å². The molecular formula is C48H45Cl2SiZr. The van der Waals surface area contributed by atoms with Gasteiger partial charge in [0.2, 0.25) is 0 Å². The molecule has 0 amide bonds. The maximum atomic E-state index is 8.53. The average Bonchev–Trinajstić information content (AvgIpc) is 3.70. The van der Waals surface area contributed by atoms with Gasteiger partial charge in [-0.25, -0.2) is 0 Å². The van der Waals surface area contributed by atoms with E-state index in [1.165, 1.54) is 77.9 Å². The van der Waals surface area contributed by atoms with E-state index in [9.17, 15) is 0 Å². The van der Waals surface area contributed by atoms with Crippen LogP contribution in [-0.2, 0) is 28.4 Å². The average molecular weight is 812 g/mol. The Morgan fingerprint density at radius 2 is 0.827 bits per heavy atom. The molecule has 0 saturated heterocycles. The molecule has 0 saturated carbocycles. The zero-order chi connectivity index (χ0) is 36.1. The van der Waals surface area contributed by atoms with E-state index in [1.54, 1.807) is 0 Å². The summed E-state index contributed by atoms with van der Waals surface area (Å²) in [6.07, 6.45) is 6.68. The molecule has 0 fully saturated rings. The Hall–Kier alpha value is -3.52. The van der Waals surface area contributed by atoms with Crippen molar-refractivity contribution in [2.24, 2.45) is 0 Å². The number of rotatable bonds is 9. The molecule has 0 nitrogen and oxygen atoms in total. The Kier molecular flexibility index (Phi) is 9.59. The van der Waals surface area contributed by atoms with Gasteiger partial charge >= 0.3 is 309 Å². The first-order chi connectivity index (χ1) is 25.1. The number of benzene rings is 6. The molecule has 2 aliphatic rings. The van der Waals surface area contributed by atoms with Gasteiger partial charge in [0, 0.05) is 0 Å². The van der Waals surface area contributed by atoms with E-state index in [-0.39, 0.29) is 7.25 Å². The van der Waals surface area contributed by atoms with Crippen LogP contribution in [0.15, 0.2) is 157 Å². The van der Waals surface area contributed by atoms with Crippen molar-refractivity contribution >= 4 is 35.1 Å². The van der Waals surface area contributed by atoms with E-state index in [0.29, 0.717) is 0 Å². The van der Waals surface area contributed by atoms with Crippen molar-refractivity contribution in [2.75, 3.05) is 0 Å². The van der Waals surface area contributed by atoms with E-state index >= 15 is 0 Å². The molecule has 6 aromatic rings. The van der Waals surface area contributed by atoms with Crippen molar-refractivity contribution in [1.82, 2.24) is 0 Å². The van der Waals surface area contributed by atoms with Crippen LogP contribution in [0.2, 0.25) is 13.1 Å². The topological polar surface area (TPSA) is 0 Å². The van der Waals surface area contributed by atoms with Crippen LogP contribution >= 0.6 is 17.0 Å². The molecule has 0 N–H and O–H groups in total. The van der Waals surface area contributed by atoms with E-state index in [2.05, 4.69) is 185 Å². The van der Waals surface area contributed by atoms with Crippen molar-refractivity contribution in [3.8, 4) is 22.3 Å². The maximum absolute atomic E-state index is 8.53. The van der Waals surface area contributed by atoms with Crippen molar-refractivity contribution < 1.29 is 15.6 Å². The van der Waals surface area contributed by atoms with Crippen LogP contribution in [0.1, 0.15) is 65.6 Å². The second-order valence-electron chi connectivity index (χ2n) is 15.4. The van der Waals surface area contributed by atoms with Crippen LogP contribution in [0.25, 0.3) is 34.4 Å². The van der Waals surface area contributed by atoms with Gasteiger partial charge in [0.15, 0.2) is 0 Å². The second-order valence-corrected chi connectivity index (χ2v) is 57.9. The summed E-state index contributed by atoms with van der Waals surface area (Å²) in [5.41, 5.74) is 18.2. The monoisotopic (exact) mass is 809 g/mol. The molecule has 2 unspecified atom stereocenters. The van der Waals surface area contributed by atoms with Gasteiger partial charge in [0.25, 0.3) is 0 Å². The molecule has 2 atom stereocenters. The summed E-state index contributed by atoms with van der Waals surface area (Å²) in [5.74, 6) is -1.62. The third-order valence-corrected chi connectivity index (χ3v) is 64.1. The van der Waals surface area contributed by atoms with E-state index in [0.717, 1.165) is 12.8 Å². The molecular weight excluding hydrogens is 767 g/mol. The SMILES string of the molecule is CC1=Cc2c(-c3ccc(Cc4ccccc4)cc3)cccc2[CH]1[Zr]([Cl])([Cl])([CH]1C(C)=Cc2c(-c3ccc(Cc4ccccc4)cc3)cccc21)[SiH](C)C. The van der Waals surface area contributed by atoms with Crippen molar-refractivity contribution in [2.45, 2.75) is 47.0 Å². The molecule has 2 aliphatic carbocycles. The molecule has 8 rings (SSSR count). The standard InChI is InChI=1S/2C23H19.C2H7Si.2ClH.Zr/c2*1-17-14-21-8-5-9-22(23(21)15-17)20-12-10-19(11-13-20)16-18-6-3-2-4-7-18;1-3-2;;;/h2*2-15H,16H2,1H3;3H,1-2H3;2*1H;/q;;;;;+2/p-2. The zero-order valence-electron chi connectivity index (χ0n) is 30.4. The van der Waals surface area contributed by atoms with Crippen molar-refractivity contribution in [1.29, 1.82) is 0 Å². The number of hydrogen-bond donors (Lipinski definition) is 0. The first-order valence-corrected chi connectivity index (χ1v) is 34.9. The van der Waals surface area contributed by atoms with Gasteiger partial charge in [0.05, 0.1) is 0 Å². The summed E-state index contributed by atoms with van der Waals surface area (Å²) in [7, 11) is 17.1. The van der Waals surface area contributed by atoms with Crippen LogP contribution in [0, 0.1) is 0 Å². The molecule has 0 bridgehead atoms. The molecule has 0 aliphatic heterocycles. The minimum atomic E-state index is -4.77. The quantitative estimate of drug-likeness (QED) is 0.128. The predicted molar refractivity (Wildman–Crippen MR) is 226 cm³/mol. The zero-order valence-corrected chi connectivity index (χ0v) is 35.5. The molecule has 6 aromatic carbocycles. The summed E-state index contributed by atoms with van der Waals surface area (Å²) in [4.78, 5) is 0. The first-order valence-electron chi connectivity index (χ1n) is 18.6. The Labute approximate surface area is 318 Å². The summed E-state index contributed by atoms with van der Waals surface area (Å²) in [6, 6.07) is 53.2.